The van der Waals surface area contributed by atoms with E-state index in [-0.39, 0.29) is 23.8 Å². The lowest BCUT2D eigenvalue weighted by atomic mass is 9.81. The van der Waals surface area contributed by atoms with Crippen LogP contribution in [0.3, 0.4) is 0 Å². The zero-order valence-corrected chi connectivity index (χ0v) is 13.0. The standard InChI is InChI=1S/C17H22FNO3/c1-3-22-16-7-11(4-13(18)8-16)17(20)12-5-14-9-21-10-15(6-12)19(14)2/h4,7-8,12,14-15H,3,5-6,9-10H2,1-2H3. The lowest BCUT2D eigenvalue weighted by Gasteiger charge is -2.46. The van der Waals surface area contributed by atoms with Crippen molar-refractivity contribution in [3.05, 3.63) is 29.6 Å². The Morgan fingerprint density at radius 2 is 2.00 bits per heavy atom. The molecule has 0 aromatic heterocycles. The van der Waals surface area contributed by atoms with Crippen LogP contribution in [0.5, 0.6) is 5.75 Å². The molecule has 2 saturated heterocycles. The van der Waals surface area contributed by atoms with Gasteiger partial charge in [-0.05, 0) is 38.9 Å². The number of hydrogen-bond acceptors (Lipinski definition) is 4. The van der Waals surface area contributed by atoms with Gasteiger partial charge in [0, 0.05) is 29.6 Å². The van der Waals surface area contributed by atoms with Gasteiger partial charge in [0.05, 0.1) is 19.8 Å². The van der Waals surface area contributed by atoms with Gasteiger partial charge in [0.2, 0.25) is 0 Å². The summed E-state index contributed by atoms with van der Waals surface area (Å²) in [5, 5.41) is 0. The molecule has 2 unspecified atom stereocenters. The number of carbonyl (C=O) groups is 1. The number of piperidine rings is 1. The van der Waals surface area contributed by atoms with E-state index in [9.17, 15) is 9.18 Å². The summed E-state index contributed by atoms with van der Waals surface area (Å²) in [4.78, 5) is 15.1. The fourth-order valence-electron chi connectivity index (χ4n) is 3.50. The summed E-state index contributed by atoms with van der Waals surface area (Å²) in [6.45, 7) is 3.63. The van der Waals surface area contributed by atoms with Crippen molar-refractivity contribution in [1.82, 2.24) is 4.90 Å². The topological polar surface area (TPSA) is 38.8 Å². The van der Waals surface area contributed by atoms with Gasteiger partial charge >= 0.3 is 0 Å². The molecule has 1 aromatic carbocycles. The summed E-state index contributed by atoms with van der Waals surface area (Å²) in [5.74, 6) is -0.0510. The number of likely N-dealkylation sites (N-methyl/N-ethyl adjacent to an activating group) is 1. The fraction of sp³-hybridized carbons (Fsp3) is 0.588. The van der Waals surface area contributed by atoms with Crippen LogP contribution < -0.4 is 4.74 Å². The van der Waals surface area contributed by atoms with Crippen molar-refractivity contribution < 1.29 is 18.7 Å². The van der Waals surface area contributed by atoms with Crippen LogP contribution in [0.4, 0.5) is 4.39 Å². The van der Waals surface area contributed by atoms with Crippen molar-refractivity contribution in [2.24, 2.45) is 5.92 Å². The van der Waals surface area contributed by atoms with Crippen molar-refractivity contribution in [2.75, 3.05) is 26.9 Å². The van der Waals surface area contributed by atoms with Crippen LogP contribution in [0, 0.1) is 11.7 Å². The van der Waals surface area contributed by atoms with Crippen molar-refractivity contribution in [3.63, 3.8) is 0 Å². The van der Waals surface area contributed by atoms with E-state index in [1.165, 1.54) is 12.1 Å². The van der Waals surface area contributed by atoms with E-state index in [1.54, 1.807) is 6.07 Å². The van der Waals surface area contributed by atoms with Crippen LogP contribution in [0.15, 0.2) is 18.2 Å². The first-order chi connectivity index (χ1) is 10.6. The number of Topliss-reactive ketones (excluding diaryl/α,β-unsaturated/α-hetero) is 1. The first-order valence-electron chi connectivity index (χ1n) is 7.85. The number of carbonyl (C=O) groups excluding carboxylic acids is 1. The summed E-state index contributed by atoms with van der Waals surface area (Å²) in [6.07, 6.45) is 1.54. The molecule has 2 aliphatic heterocycles. The number of benzene rings is 1. The molecule has 2 atom stereocenters. The van der Waals surface area contributed by atoms with Gasteiger partial charge in [-0.3, -0.25) is 9.69 Å². The lowest BCUT2D eigenvalue weighted by molar-refractivity contribution is -0.0702. The van der Waals surface area contributed by atoms with Crippen LogP contribution in [-0.2, 0) is 4.74 Å². The van der Waals surface area contributed by atoms with Crippen LogP contribution >= 0.6 is 0 Å². The monoisotopic (exact) mass is 307 g/mol. The third kappa shape index (κ3) is 3.01. The second-order valence-electron chi connectivity index (χ2n) is 6.15. The minimum absolute atomic E-state index is 0.0189. The molecule has 2 heterocycles. The average Bonchev–Trinajstić information content (AvgIpc) is 2.46. The molecule has 5 heteroatoms. The maximum Gasteiger partial charge on any atom is 0.166 e. The number of fused-ring (bicyclic) bond motifs is 2. The smallest absolute Gasteiger partial charge is 0.166 e. The molecule has 0 saturated carbocycles. The molecule has 0 radical (unpaired) electrons. The molecule has 3 rings (SSSR count). The molecule has 2 bridgehead atoms. The largest absolute Gasteiger partial charge is 0.494 e. The summed E-state index contributed by atoms with van der Waals surface area (Å²) in [6, 6.07) is 4.84. The van der Waals surface area contributed by atoms with Gasteiger partial charge in [-0.25, -0.2) is 4.39 Å². The predicted octanol–water partition coefficient (Wildman–Crippen LogP) is 2.52. The Labute approximate surface area is 130 Å². The van der Waals surface area contributed by atoms with E-state index in [0.717, 1.165) is 12.8 Å². The highest BCUT2D eigenvalue weighted by Crippen LogP contribution is 2.33. The van der Waals surface area contributed by atoms with Crippen molar-refractivity contribution in [1.29, 1.82) is 0 Å². The Kier molecular flexibility index (Phi) is 4.45. The summed E-state index contributed by atoms with van der Waals surface area (Å²) in [7, 11) is 2.09. The highest BCUT2D eigenvalue weighted by Gasteiger charge is 2.39. The third-order valence-electron chi connectivity index (χ3n) is 4.72. The molecular weight excluding hydrogens is 285 g/mol. The number of ether oxygens (including phenoxy) is 2. The minimum Gasteiger partial charge on any atom is -0.494 e. The zero-order chi connectivity index (χ0) is 15.7. The third-order valence-corrected chi connectivity index (χ3v) is 4.72. The summed E-state index contributed by atoms with van der Waals surface area (Å²) < 4.78 is 24.6. The number of ketones is 1. The molecule has 4 nitrogen and oxygen atoms in total. The van der Waals surface area contributed by atoms with Gasteiger partial charge in [0.15, 0.2) is 5.78 Å². The first kappa shape index (κ1) is 15.4. The molecule has 0 aliphatic carbocycles. The van der Waals surface area contributed by atoms with Crippen LogP contribution in [0.2, 0.25) is 0 Å². The van der Waals surface area contributed by atoms with E-state index < -0.39 is 5.82 Å². The normalized spacial score (nSPS) is 28.4. The molecule has 2 fully saturated rings. The second kappa shape index (κ2) is 6.34. The maximum atomic E-state index is 13.7. The average molecular weight is 307 g/mol. The Bertz CT molecular complexity index is 549. The molecule has 0 amide bonds. The number of nitrogens with zero attached hydrogens (tertiary/aromatic N) is 1. The van der Waals surface area contributed by atoms with E-state index in [1.807, 2.05) is 6.92 Å². The van der Waals surface area contributed by atoms with Gasteiger partial charge < -0.3 is 9.47 Å². The molecular formula is C17H22FNO3. The first-order valence-corrected chi connectivity index (χ1v) is 7.85. The molecule has 22 heavy (non-hydrogen) atoms. The van der Waals surface area contributed by atoms with Gasteiger partial charge in [-0.15, -0.1) is 0 Å². The Morgan fingerprint density at radius 3 is 2.64 bits per heavy atom. The maximum absolute atomic E-state index is 13.7. The van der Waals surface area contributed by atoms with E-state index in [2.05, 4.69) is 11.9 Å². The predicted molar refractivity (Wildman–Crippen MR) is 80.8 cm³/mol. The highest BCUT2D eigenvalue weighted by atomic mass is 19.1. The summed E-state index contributed by atoms with van der Waals surface area (Å²) in [5.41, 5.74) is 0.414. The van der Waals surface area contributed by atoms with Gasteiger partial charge in [-0.2, -0.15) is 0 Å². The minimum atomic E-state index is -0.425. The van der Waals surface area contributed by atoms with Crippen molar-refractivity contribution in [3.8, 4) is 5.75 Å². The van der Waals surface area contributed by atoms with Gasteiger partial charge in [0.25, 0.3) is 0 Å². The zero-order valence-electron chi connectivity index (χ0n) is 13.0. The Morgan fingerprint density at radius 1 is 1.32 bits per heavy atom. The van der Waals surface area contributed by atoms with Gasteiger partial charge in [0.1, 0.15) is 11.6 Å². The Balaban J connectivity index is 1.79. The number of hydrogen-bond donors (Lipinski definition) is 0. The summed E-state index contributed by atoms with van der Waals surface area (Å²) >= 11 is 0. The van der Waals surface area contributed by atoms with E-state index in [4.69, 9.17) is 9.47 Å². The fourth-order valence-corrected chi connectivity index (χ4v) is 3.50. The quantitative estimate of drug-likeness (QED) is 0.801. The van der Waals surface area contributed by atoms with Crippen molar-refractivity contribution >= 4 is 5.78 Å². The number of halogens is 1. The lowest BCUT2D eigenvalue weighted by Crippen LogP contribution is -2.55. The highest BCUT2D eigenvalue weighted by molar-refractivity contribution is 5.98. The molecule has 0 N–H and O–H groups in total. The SMILES string of the molecule is CCOc1cc(F)cc(C(=O)C2CC3COCC(C2)N3C)c1. The second-order valence-corrected chi connectivity index (χ2v) is 6.15. The van der Waals surface area contributed by atoms with Crippen LogP contribution in [-0.4, -0.2) is 49.6 Å². The van der Waals surface area contributed by atoms with Crippen LogP contribution in [0.1, 0.15) is 30.1 Å². The number of rotatable bonds is 4. The van der Waals surface area contributed by atoms with Gasteiger partial charge in [-0.1, -0.05) is 0 Å². The van der Waals surface area contributed by atoms with E-state index in [0.29, 0.717) is 31.1 Å². The van der Waals surface area contributed by atoms with E-state index >= 15 is 0 Å². The molecule has 1 aromatic rings. The molecule has 2 aliphatic rings. The van der Waals surface area contributed by atoms with Crippen LogP contribution in [0.25, 0.3) is 0 Å². The number of morpholine rings is 1. The van der Waals surface area contributed by atoms with Crippen molar-refractivity contribution in [2.45, 2.75) is 31.8 Å². The molecule has 120 valence electrons. The Hall–Kier alpha value is -1.46. The molecule has 0 spiro atoms.